The van der Waals surface area contributed by atoms with Crippen molar-refractivity contribution in [2.45, 2.75) is 19.9 Å². The molecule has 1 aliphatic heterocycles. The van der Waals surface area contributed by atoms with Gasteiger partial charge in [0.2, 0.25) is 5.76 Å². The molecule has 0 spiro atoms. The van der Waals surface area contributed by atoms with Crippen molar-refractivity contribution in [1.82, 2.24) is 0 Å². The van der Waals surface area contributed by atoms with Gasteiger partial charge in [0.15, 0.2) is 16.9 Å². The summed E-state index contributed by atoms with van der Waals surface area (Å²) in [6.07, 6.45) is 0. The molecule has 7 heteroatoms. The van der Waals surface area contributed by atoms with E-state index >= 15 is 0 Å². The molecule has 0 bridgehead atoms. The number of para-hydroxylation sites is 1. The second kappa shape index (κ2) is 8.91. The highest BCUT2D eigenvalue weighted by molar-refractivity contribution is 6.10. The van der Waals surface area contributed by atoms with Crippen LogP contribution in [0.1, 0.15) is 41.6 Å². The van der Waals surface area contributed by atoms with E-state index in [9.17, 15) is 14.0 Å². The standard InChI is InChI=1S/C28H24FNO5/c1-16(2)15-34-22-11-9-17(13-23(22)33-3)25-24-26(31)20-14-18(29)10-12-21(20)35-27(24)28(32)30(25)19-7-5-4-6-8-19/h4-14,16,25H,15H2,1-3H3. The molecule has 1 atom stereocenters. The summed E-state index contributed by atoms with van der Waals surface area (Å²) < 4.78 is 31.3. The lowest BCUT2D eigenvalue weighted by Crippen LogP contribution is -2.29. The van der Waals surface area contributed by atoms with Crippen LogP contribution < -0.4 is 19.8 Å². The molecule has 0 fully saturated rings. The molecule has 1 amide bonds. The summed E-state index contributed by atoms with van der Waals surface area (Å²) in [5, 5.41) is 0.0836. The topological polar surface area (TPSA) is 69.0 Å². The van der Waals surface area contributed by atoms with Gasteiger partial charge in [-0.15, -0.1) is 0 Å². The monoisotopic (exact) mass is 473 g/mol. The molecule has 6 nitrogen and oxygen atoms in total. The van der Waals surface area contributed by atoms with Gasteiger partial charge in [-0.25, -0.2) is 4.39 Å². The largest absolute Gasteiger partial charge is 0.493 e. The Bertz CT molecular complexity index is 1480. The smallest absolute Gasteiger partial charge is 0.295 e. The van der Waals surface area contributed by atoms with Crippen LogP contribution in [-0.4, -0.2) is 19.6 Å². The molecule has 0 saturated carbocycles. The quantitative estimate of drug-likeness (QED) is 0.358. The van der Waals surface area contributed by atoms with Gasteiger partial charge in [0.25, 0.3) is 5.91 Å². The number of fused-ring (bicyclic) bond motifs is 2. The first-order chi connectivity index (χ1) is 16.9. The first kappa shape index (κ1) is 22.7. The van der Waals surface area contributed by atoms with E-state index in [1.165, 1.54) is 24.1 Å². The van der Waals surface area contributed by atoms with Crippen molar-refractivity contribution in [1.29, 1.82) is 0 Å². The Morgan fingerprint density at radius 3 is 2.49 bits per heavy atom. The summed E-state index contributed by atoms with van der Waals surface area (Å²) in [5.41, 5.74) is 1.11. The molecule has 4 aromatic rings. The lowest BCUT2D eigenvalue weighted by atomic mass is 9.97. The summed E-state index contributed by atoms with van der Waals surface area (Å²) >= 11 is 0. The third-order valence-electron chi connectivity index (χ3n) is 5.94. The maximum atomic E-state index is 14.0. The van der Waals surface area contributed by atoms with Gasteiger partial charge in [-0.05, 0) is 53.9 Å². The molecule has 0 N–H and O–H groups in total. The average Bonchev–Trinajstić information content (AvgIpc) is 3.16. The zero-order chi connectivity index (χ0) is 24.7. The van der Waals surface area contributed by atoms with E-state index in [1.807, 2.05) is 32.0 Å². The maximum Gasteiger partial charge on any atom is 0.295 e. The van der Waals surface area contributed by atoms with Crippen LogP contribution in [0, 0.1) is 11.7 Å². The fourth-order valence-corrected chi connectivity index (χ4v) is 4.35. The van der Waals surface area contributed by atoms with Crippen LogP contribution in [0.4, 0.5) is 10.1 Å². The Morgan fingerprint density at radius 1 is 1.00 bits per heavy atom. The van der Waals surface area contributed by atoms with Gasteiger partial charge >= 0.3 is 0 Å². The van der Waals surface area contributed by atoms with Crippen molar-refractivity contribution >= 4 is 22.6 Å². The molecule has 2 heterocycles. The van der Waals surface area contributed by atoms with Crippen molar-refractivity contribution in [2.24, 2.45) is 5.92 Å². The minimum absolute atomic E-state index is 0.0536. The van der Waals surface area contributed by atoms with Crippen molar-refractivity contribution in [3.63, 3.8) is 0 Å². The number of hydrogen-bond donors (Lipinski definition) is 0. The van der Waals surface area contributed by atoms with Crippen LogP contribution in [0.15, 0.2) is 75.9 Å². The fourth-order valence-electron chi connectivity index (χ4n) is 4.35. The van der Waals surface area contributed by atoms with Crippen molar-refractivity contribution in [3.8, 4) is 11.5 Å². The molecule has 1 aromatic heterocycles. The van der Waals surface area contributed by atoms with Gasteiger partial charge in [0.05, 0.1) is 30.7 Å². The number of nitrogens with zero attached hydrogens (tertiary/aromatic N) is 1. The summed E-state index contributed by atoms with van der Waals surface area (Å²) in [7, 11) is 1.54. The van der Waals surface area contributed by atoms with E-state index in [0.717, 1.165) is 6.07 Å². The van der Waals surface area contributed by atoms with E-state index < -0.39 is 23.2 Å². The number of carbonyl (C=O) groups is 1. The van der Waals surface area contributed by atoms with Crippen LogP contribution in [0.3, 0.4) is 0 Å². The van der Waals surface area contributed by atoms with E-state index in [4.69, 9.17) is 13.9 Å². The van der Waals surface area contributed by atoms with E-state index in [-0.39, 0.29) is 22.3 Å². The Balaban J connectivity index is 1.73. The van der Waals surface area contributed by atoms with Gasteiger partial charge in [-0.1, -0.05) is 38.1 Å². The summed E-state index contributed by atoms with van der Waals surface area (Å²) in [4.78, 5) is 28.7. The zero-order valence-electron chi connectivity index (χ0n) is 19.6. The first-order valence-electron chi connectivity index (χ1n) is 11.3. The molecule has 1 aliphatic rings. The summed E-state index contributed by atoms with van der Waals surface area (Å²) in [6.45, 7) is 4.61. The van der Waals surface area contributed by atoms with Crippen molar-refractivity contribution in [2.75, 3.05) is 18.6 Å². The predicted molar refractivity (Wildman–Crippen MR) is 131 cm³/mol. The minimum Gasteiger partial charge on any atom is -0.493 e. The Hall–Kier alpha value is -4.13. The number of amides is 1. The third-order valence-corrected chi connectivity index (χ3v) is 5.94. The maximum absolute atomic E-state index is 14.0. The highest BCUT2D eigenvalue weighted by Gasteiger charge is 2.44. The second-order valence-corrected chi connectivity index (χ2v) is 8.84. The molecule has 178 valence electrons. The molecule has 0 aliphatic carbocycles. The second-order valence-electron chi connectivity index (χ2n) is 8.84. The van der Waals surface area contributed by atoms with Gasteiger partial charge < -0.3 is 13.9 Å². The molecule has 5 rings (SSSR count). The molecular formula is C28H24FNO5. The Labute approximate surface area is 201 Å². The number of methoxy groups -OCH3 is 1. The number of carbonyl (C=O) groups excluding carboxylic acids is 1. The normalized spacial score (nSPS) is 15.1. The van der Waals surface area contributed by atoms with E-state index in [1.54, 1.807) is 30.3 Å². The minimum atomic E-state index is -0.795. The molecular weight excluding hydrogens is 449 g/mol. The van der Waals surface area contributed by atoms with Crippen LogP contribution in [-0.2, 0) is 0 Å². The average molecular weight is 474 g/mol. The highest BCUT2D eigenvalue weighted by atomic mass is 19.1. The first-order valence-corrected chi connectivity index (χ1v) is 11.3. The summed E-state index contributed by atoms with van der Waals surface area (Å²) in [6, 6.07) is 17.3. The van der Waals surface area contributed by atoms with Gasteiger partial charge in [-0.3, -0.25) is 14.5 Å². The van der Waals surface area contributed by atoms with Crippen LogP contribution in [0.25, 0.3) is 11.0 Å². The summed E-state index contributed by atoms with van der Waals surface area (Å²) in [5.74, 6) is 0.312. The Morgan fingerprint density at radius 2 is 1.77 bits per heavy atom. The van der Waals surface area contributed by atoms with Crippen LogP contribution in [0.2, 0.25) is 0 Å². The molecule has 0 saturated heterocycles. The lowest BCUT2D eigenvalue weighted by molar-refractivity contribution is 0.0971. The van der Waals surface area contributed by atoms with Crippen LogP contribution >= 0.6 is 0 Å². The van der Waals surface area contributed by atoms with Gasteiger partial charge in [0.1, 0.15) is 11.4 Å². The SMILES string of the molecule is COc1cc(C2c3c(oc4ccc(F)cc4c3=O)C(=O)N2c2ccccc2)ccc1OCC(C)C. The number of rotatable bonds is 6. The number of benzene rings is 3. The Kier molecular flexibility index (Phi) is 5.76. The predicted octanol–water partition coefficient (Wildman–Crippen LogP) is 5.73. The number of anilines is 1. The van der Waals surface area contributed by atoms with Crippen molar-refractivity contribution in [3.05, 3.63) is 99.7 Å². The van der Waals surface area contributed by atoms with Crippen molar-refractivity contribution < 1.29 is 23.1 Å². The zero-order valence-corrected chi connectivity index (χ0v) is 19.6. The van der Waals surface area contributed by atoms with Gasteiger partial charge in [-0.2, -0.15) is 0 Å². The number of halogens is 1. The molecule has 0 radical (unpaired) electrons. The van der Waals surface area contributed by atoms with Crippen LogP contribution in [0.5, 0.6) is 11.5 Å². The number of ether oxygens (including phenoxy) is 2. The lowest BCUT2D eigenvalue weighted by Gasteiger charge is -2.26. The molecule has 3 aromatic carbocycles. The van der Waals surface area contributed by atoms with E-state index in [0.29, 0.717) is 35.3 Å². The highest BCUT2D eigenvalue weighted by Crippen LogP contribution is 2.43. The van der Waals surface area contributed by atoms with E-state index in [2.05, 4.69) is 0 Å². The number of hydrogen-bond acceptors (Lipinski definition) is 5. The molecule has 1 unspecified atom stereocenters. The van der Waals surface area contributed by atoms with Gasteiger partial charge in [0, 0.05) is 5.69 Å². The molecule has 35 heavy (non-hydrogen) atoms. The fraction of sp³-hybridized carbons (Fsp3) is 0.214. The third kappa shape index (κ3) is 3.93.